The molecular formula is C22H22N4O3. The number of fused-ring (bicyclic) bond motifs is 1. The molecule has 29 heavy (non-hydrogen) atoms. The lowest BCUT2D eigenvalue weighted by Crippen LogP contribution is -2.44. The van der Waals surface area contributed by atoms with E-state index in [1.165, 1.54) is 0 Å². The number of amides is 2. The summed E-state index contributed by atoms with van der Waals surface area (Å²) in [5.74, 6) is 0.459. The summed E-state index contributed by atoms with van der Waals surface area (Å²) < 4.78 is 5.31. The number of carbonyl (C=O) groups excluding carboxylic acids is 2. The van der Waals surface area contributed by atoms with Crippen LogP contribution in [0.1, 0.15) is 29.3 Å². The van der Waals surface area contributed by atoms with Crippen molar-refractivity contribution in [2.45, 2.75) is 31.7 Å². The lowest BCUT2D eigenvalue weighted by atomic mass is 9.73. The van der Waals surface area contributed by atoms with E-state index in [2.05, 4.69) is 15.5 Å². The summed E-state index contributed by atoms with van der Waals surface area (Å²) in [6, 6.07) is 17.4. The summed E-state index contributed by atoms with van der Waals surface area (Å²) in [5.41, 5.74) is 1.77. The molecular weight excluding hydrogens is 368 g/mol. The number of hydrogen-bond donors (Lipinski definition) is 1. The standard InChI is InChI=1S/C22H22N4O3/c1-15-24-25-20(29-15)14-23-19(27)13-22(12-16-8-4-3-5-9-16)17-10-6-7-11-18(17)26(2)21(22)28/h3-11H,12-14H2,1-2H3,(H,23,27)/t22-/m1/s1. The zero-order valence-electron chi connectivity index (χ0n) is 16.4. The zero-order chi connectivity index (χ0) is 20.4. The van der Waals surface area contributed by atoms with E-state index in [0.717, 1.165) is 16.8 Å². The Hall–Kier alpha value is -3.48. The number of nitrogens with one attached hydrogen (secondary N) is 1. The molecule has 0 saturated heterocycles. The first-order chi connectivity index (χ1) is 14.0. The van der Waals surface area contributed by atoms with Crippen molar-refractivity contribution in [2.75, 3.05) is 11.9 Å². The van der Waals surface area contributed by atoms with Crippen LogP contribution in [0.4, 0.5) is 5.69 Å². The van der Waals surface area contributed by atoms with Crippen LogP contribution in [-0.4, -0.2) is 29.1 Å². The normalized spacial score (nSPS) is 18.0. The molecule has 0 radical (unpaired) electrons. The largest absolute Gasteiger partial charge is 0.424 e. The second-order valence-corrected chi connectivity index (χ2v) is 7.29. The number of rotatable bonds is 6. The Morgan fingerprint density at radius 2 is 1.83 bits per heavy atom. The van der Waals surface area contributed by atoms with Crippen LogP contribution in [0.15, 0.2) is 59.0 Å². The quantitative estimate of drug-likeness (QED) is 0.699. The van der Waals surface area contributed by atoms with Crippen molar-refractivity contribution in [3.63, 3.8) is 0 Å². The minimum Gasteiger partial charge on any atom is -0.424 e. The van der Waals surface area contributed by atoms with Crippen LogP contribution in [-0.2, 0) is 28.0 Å². The van der Waals surface area contributed by atoms with Gasteiger partial charge in [-0.2, -0.15) is 0 Å². The van der Waals surface area contributed by atoms with E-state index in [1.54, 1.807) is 18.9 Å². The molecule has 0 spiro atoms. The summed E-state index contributed by atoms with van der Waals surface area (Å²) in [7, 11) is 1.76. The monoisotopic (exact) mass is 390 g/mol. The molecule has 4 rings (SSSR count). The molecule has 1 atom stereocenters. The average Bonchev–Trinajstić information content (AvgIpc) is 3.23. The number of anilines is 1. The lowest BCUT2D eigenvalue weighted by molar-refractivity contribution is -0.129. The molecule has 0 aliphatic carbocycles. The van der Waals surface area contributed by atoms with Gasteiger partial charge in [0.05, 0.1) is 12.0 Å². The molecule has 0 fully saturated rings. The average molecular weight is 390 g/mol. The van der Waals surface area contributed by atoms with Crippen molar-refractivity contribution in [2.24, 2.45) is 0 Å². The molecule has 0 saturated carbocycles. The second-order valence-electron chi connectivity index (χ2n) is 7.29. The van der Waals surface area contributed by atoms with Gasteiger partial charge in [-0.25, -0.2) is 0 Å². The summed E-state index contributed by atoms with van der Waals surface area (Å²) in [6.07, 6.45) is 0.482. The van der Waals surface area contributed by atoms with E-state index >= 15 is 0 Å². The van der Waals surface area contributed by atoms with E-state index in [0.29, 0.717) is 18.2 Å². The number of hydrogen-bond acceptors (Lipinski definition) is 5. The number of aryl methyl sites for hydroxylation is 1. The molecule has 7 heteroatoms. The minimum absolute atomic E-state index is 0.0369. The molecule has 1 N–H and O–H groups in total. The molecule has 0 bridgehead atoms. The van der Waals surface area contributed by atoms with Gasteiger partial charge in [0.1, 0.15) is 0 Å². The Kier molecular flexibility index (Phi) is 4.88. The summed E-state index contributed by atoms with van der Waals surface area (Å²) in [5, 5.41) is 10.5. The van der Waals surface area contributed by atoms with Gasteiger partial charge in [0, 0.05) is 26.1 Å². The molecule has 2 aromatic carbocycles. The fourth-order valence-electron chi connectivity index (χ4n) is 3.98. The Balaban J connectivity index is 1.64. The minimum atomic E-state index is -0.957. The van der Waals surface area contributed by atoms with Gasteiger partial charge in [-0.15, -0.1) is 10.2 Å². The molecule has 3 aromatic rings. The van der Waals surface area contributed by atoms with Crippen molar-refractivity contribution in [1.82, 2.24) is 15.5 Å². The third kappa shape index (κ3) is 3.51. The Bertz CT molecular complexity index is 1050. The number of likely N-dealkylation sites (N-methyl/N-ethyl adjacent to an activating group) is 1. The molecule has 148 valence electrons. The number of carbonyl (C=O) groups is 2. The van der Waals surface area contributed by atoms with Crippen LogP contribution in [0.2, 0.25) is 0 Å². The van der Waals surface area contributed by atoms with Crippen molar-refractivity contribution in [3.05, 3.63) is 77.5 Å². The highest BCUT2D eigenvalue weighted by Crippen LogP contribution is 2.45. The summed E-state index contributed by atoms with van der Waals surface area (Å²) in [6.45, 7) is 1.82. The highest BCUT2D eigenvalue weighted by atomic mass is 16.4. The SMILES string of the molecule is Cc1nnc(CNC(=O)C[C@@]2(Cc3ccccc3)C(=O)N(C)c3ccccc32)o1. The third-order valence-corrected chi connectivity index (χ3v) is 5.31. The van der Waals surface area contributed by atoms with E-state index in [4.69, 9.17) is 4.42 Å². The summed E-state index contributed by atoms with van der Waals surface area (Å²) in [4.78, 5) is 27.9. The van der Waals surface area contributed by atoms with E-state index in [1.807, 2.05) is 54.6 Å². The van der Waals surface area contributed by atoms with Gasteiger partial charge >= 0.3 is 0 Å². The van der Waals surface area contributed by atoms with E-state index in [-0.39, 0.29) is 24.8 Å². The molecule has 0 unspecified atom stereocenters. The third-order valence-electron chi connectivity index (χ3n) is 5.31. The van der Waals surface area contributed by atoms with Gasteiger partial charge < -0.3 is 14.6 Å². The Morgan fingerprint density at radius 1 is 1.10 bits per heavy atom. The number of para-hydroxylation sites is 1. The predicted molar refractivity (Wildman–Crippen MR) is 107 cm³/mol. The van der Waals surface area contributed by atoms with Crippen LogP contribution in [0.25, 0.3) is 0 Å². The molecule has 7 nitrogen and oxygen atoms in total. The summed E-state index contributed by atoms with van der Waals surface area (Å²) >= 11 is 0. The fraction of sp³-hybridized carbons (Fsp3) is 0.273. The van der Waals surface area contributed by atoms with Gasteiger partial charge in [-0.3, -0.25) is 9.59 Å². The molecule has 1 aliphatic rings. The first-order valence-corrected chi connectivity index (χ1v) is 9.47. The topological polar surface area (TPSA) is 88.3 Å². The van der Waals surface area contributed by atoms with Crippen molar-refractivity contribution < 1.29 is 14.0 Å². The smallest absolute Gasteiger partial charge is 0.238 e. The number of aromatic nitrogens is 2. The van der Waals surface area contributed by atoms with Crippen LogP contribution < -0.4 is 10.2 Å². The van der Waals surface area contributed by atoms with E-state index < -0.39 is 5.41 Å². The maximum atomic E-state index is 13.4. The Labute approximate surface area is 168 Å². The van der Waals surface area contributed by atoms with Gasteiger partial charge in [0.2, 0.25) is 23.6 Å². The number of benzene rings is 2. The number of nitrogens with zero attached hydrogens (tertiary/aromatic N) is 3. The van der Waals surface area contributed by atoms with Gasteiger partial charge in [0.25, 0.3) is 0 Å². The highest BCUT2D eigenvalue weighted by Gasteiger charge is 2.50. The highest BCUT2D eigenvalue weighted by molar-refractivity contribution is 6.09. The van der Waals surface area contributed by atoms with Crippen LogP contribution in [0, 0.1) is 6.92 Å². The first-order valence-electron chi connectivity index (χ1n) is 9.47. The maximum Gasteiger partial charge on any atom is 0.238 e. The lowest BCUT2D eigenvalue weighted by Gasteiger charge is -2.28. The van der Waals surface area contributed by atoms with Crippen molar-refractivity contribution >= 4 is 17.5 Å². The second kappa shape index (κ2) is 7.50. The predicted octanol–water partition coefficient (Wildman–Crippen LogP) is 2.54. The van der Waals surface area contributed by atoms with Crippen molar-refractivity contribution in [1.29, 1.82) is 0 Å². The zero-order valence-corrected chi connectivity index (χ0v) is 16.4. The van der Waals surface area contributed by atoms with Gasteiger partial charge in [-0.1, -0.05) is 48.5 Å². The van der Waals surface area contributed by atoms with Crippen molar-refractivity contribution in [3.8, 4) is 0 Å². The fourth-order valence-corrected chi connectivity index (χ4v) is 3.98. The molecule has 1 aromatic heterocycles. The van der Waals surface area contributed by atoms with Crippen LogP contribution in [0.5, 0.6) is 0 Å². The van der Waals surface area contributed by atoms with Crippen LogP contribution >= 0.6 is 0 Å². The van der Waals surface area contributed by atoms with Gasteiger partial charge in [-0.05, 0) is 23.6 Å². The Morgan fingerprint density at radius 3 is 2.55 bits per heavy atom. The maximum absolute atomic E-state index is 13.4. The molecule has 2 amide bonds. The first kappa shape index (κ1) is 18.9. The van der Waals surface area contributed by atoms with E-state index in [9.17, 15) is 9.59 Å². The molecule has 1 aliphatic heterocycles. The molecule has 2 heterocycles. The van der Waals surface area contributed by atoms with Gasteiger partial charge in [0.15, 0.2) is 0 Å². The van der Waals surface area contributed by atoms with Crippen LogP contribution in [0.3, 0.4) is 0 Å².